The van der Waals surface area contributed by atoms with Crippen LogP contribution in [0.1, 0.15) is 27.2 Å². The van der Waals surface area contributed by atoms with Gasteiger partial charge in [0.2, 0.25) is 0 Å². The largest absolute Gasteiger partial charge is 0.487 e. The summed E-state index contributed by atoms with van der Waals surface area (Å²) < 4.78 is 7.15. The molecule has 5 heteroatoms. The van der Waals surface area contributed by atoms with E-state index in [9.17, 15) is 4.79 Å². The van der Waals surface area contributed by atoms with Gasteiger partial charge >= 0.3 is 5.97 Å². The fourth-order valence-corrected chi connectivity index (χ4v) is 1.77. The maximum absolute atomic E-state index is 11.0. The molecule has 0 spiro atoms. The van der Waals surface area contributed by atoms with Crippen molar-refractivity contribution in [2.45, 2.75) is 20.5 Å². The molecule has 0 unspecified atom stereocenters. The van der Waals surface area contributed by atoms with Gasteiger partial charge in [0.15, 0.2) is 0 Å². The minimum absolute atomic E-state index is 0.173. The van der Waals surface area contributed by atoms with Crippen molar-refractivity contribution < 1.29 is 14.6 Å². The van der Waals surface area contributed by atoms with Crippen LogP contribution >= 0.6 is 0 Å². The molecule has 0 saturated carbocycles. The van der Waals surface area contributed by atoms with Gasteiger partial charge in [0, 0.05) is 7.05 Å². The lowest BCUT2D eigenvalue weighted by Gasteiger charge is -2.09. The molecule has 2 aromatic rings. The van der Waals surface area contributed by atoms with Gasteiger partial charge in [-0.3, -0.25) is 4.68 Å². The second-order valence-electron chi connectivity index (χ2n) is 4.47. The number of aromatic carboxylic acids is 1. The van der Waals surface area contributed by atoms with Gasteiger partial charge in [-0.25, -0.2) is 4.79 Å². The first-order chi connectivity index (χ1) is 8.99. The van der Waals surface area contributed by atoms with Gasteiger partial charge in [0.25, 0.3) is 0 Å². The third kappa shape index (κ3) is 2.76. The summed E-state index contributed by atoms with van der Waals surface area (Å²) in [6, 6.07) is 5.79. The average Bonchev–Trinajstić information content (AvgIpc) is 2.72. The number of aryl methyl sites for hydroxylation is 3. The molecule has 1 aromatic heterocycles. The highest BCUT2D eigenvalue weighted by Crippen LogP contribution is 2.18. The molecule has 0 amide bonds. The molecular formula is C14H16N2O3. The van der Waals surface area contributed by atoms with Crippen LogP contribution in [0.4, 0.5) is 0 Å². The number of nitrogens with zero attached hydrogens (tertiary/aromatic N) is 2. The molecule has 0 atom stereocenters. The lowest BCUT2D eigenvalue weighted by atomic mass is 10.1. The average molecular weight is 260 g/mol. The van der Waals surface area contributed by atoms with E-state index in [0.717, 1.165) is 11.3 Å². The van der Waals surface area contributed by atoms with Gasteiger partial charge in [-0.1, -0.05) is 6.07 Å². The molecule has 2 rings (SSSR count). The molecule has 0 fully saturated rings. The van der Waals surface area contributed by atoms with E-state index in [0.29, 0.717) is 5.69 Å². The summed E-state index contributed by atoms with van der Waals surface area (Å²) in [7, 11) is 1.70. The van der Waals surface area contributed by atoms with E-state index in [2.05, 4.69) is 5.10 Å². The molecular weight excluding hydrogens is 244 g/mol. The molecule has 0 aliphatic heterocycles. The van der Waals surface area contributed by atoms with Gasteiger partial charge in [0.1, 0.15) is 17.9 Å². The van der Waals surface area contributed by atoms with Gasteiger partial charge in [-0.05, 0) is 37.1 Å². The van der Waals surface area contributed by atoms with E-state index in [4.69, 9.17) is 9.84 Å². The molecule has 5 nitrogen and oxygen atoms in total. The van der Waals surface area contributed by atoms with Crippen LogP contribution in [0.25, 0.3) is 0 Å². The summed E-state index contributed by atoms with van der Waals surface area (Å²) in [6.07, 6.45) is 1.33. The fraction of sp³-hybridized carbons (Fsp3) is 0.286. The van der Waals surface area contributed by atoms with E-state index < -0.39 is 5.97 Å². The van der Waals surface area contributed by atoms with Crippen molar-refractivity contribution in [3.63, 3.8) is 0 Å². The highest BCUT2D eigenvalue weighted by molar-refractivity contribution is 5.88. The van der Waals surface area contributed by atoms with Crippen LogP contribution in [-0.4, -0.2) is 20.9 Å². The van der Waals surface area contributed by atoms with Gasteiger partial charge < -0.3 is 9.84 Å². The van der Waals surface area contributed by atoms with Crippen molar-refractivity contribution in [3.8, 4) is 5.75 Å². The van der Waals surface area contributed by atoms with E-state index in [-0.39, 0.29) is 12.2 Å². The van der Waals surface area contributed by atoms with Crippen LogP contribution in [0.15, 0.2) is 24.4 Å². The summed E-state index contributed by atoms with van der Waals surface area (Å²) in [4.78, 5) is 11.0. The molecule has 1 heterocycles. The van der Waals surface area contributed by atoms with Gasteiger partial charge in [-0.15, -0.1) is 0 Å². The standard InChI is InChI=1S/C14H16N2O3/c1-9-4-5-11(6-10(9)2)19-8-13-12(14(17)18)7-15-16(13)3/h4-7H,8H2,1-3H3,(H,17,18). The van der Waals surface area contributed by atoms with Crippen LogP contribution in [-0.2, 0) is 13.7 Å². The number of carboxylic acids is 1. The van der Waals surface area contributed by atoms with Crippen molar-refractivity contribution in [2.24, 2.45) is 7.05 Å². The van der Waals surface area contributed by atoms with Crippen LogP contribution < -0.4 is 4.74 Å². The zero-order valence-electron chi connectivity index (χ0n) is 11.2. The third-order valence-electron chi connectivity index (χ3n) is 3.15. The molecule has 0 aliphatic carbocycles. The van der Waals surface area contributed by atoms with E-state index in [1.807, 2.05) is 32.0 Å². The monoisotopic (exact) mass is 260 g/mol. The first-order valence-electron chi connectivity index (χ1n) is 5.93. The number of carbonyl (C=O) groups is 1. The molecule has 0 bridgehead atoms. The summed E-state index contributed by atoms with van der Waals surface area (Å²) >= 11 is 0. The van der Waals surface area contributed by atoms with E-state index >= 15 is 0 Å². The van der Waals surface area contributed by atoms with Gasteiger partial charge in [-0.2, -0.15) is 5.10 Å². The number of benzene rings is 1. The van der Waals surface area contributed by atoms with E-state index in [1.54, 1.807) is 7.05 Å². The molecule has 0 aliphatic rings. The first-order valence-corrected chi connectivity index (χ1v) is 5.93. The number of carboxylic acid groups (broad SMARTS) is 1. The maximum Gasteiger partial charge on any atom is 0.339 e. The highest BCUT2D eigenvalue weighted by atomic mass is 16.5. The van der Waals surface area contributed by atoms with E-state index in [1.165, 1.54) is 16.4 Å². The summed E-state index contributed by atoms with van der Waals surface area (Å²) in [5.41, 5.74) is 3.05. The lowest BCUT2D eigenvalue weighted by molar-refractivity contribution is 0.0693. The number of rotatable bonds is 4. The Labute approximate surface area is 111 Å². The molecule has 0 radical (unpaired) electrons. The number of hydrogen-bond donors (Lipinski definition) is 1. The number of ether oxygens (including phenoxy) is 1. The van der Waals surface area contributed by atoms with Crippen LogP contribution in [0.3, 0.4) is 0 Å². The topological polar surface area (TPSA) is 64.3 Å². The normalized spacial score (nSPS) is 10.5. The zero-order chi connectivity index (χ0) is 14.0. The fourth-order valence-electron chi connectivity index (χ4n) is 1.77. The quantitative estimate of drug-likeness (QED) is 0.916. The molecule has 1 N–H and O–H groups in total. The number of aromatic nitrogens is 2. The Bertz CT molecular complexity index is 617. The minimum Gasteiger partial charge on any atom is -0.487 e. The Kier molecular flexibility index (Phi) is 3.55. The van der Waals surface area contributed by atoms with Crippen LogP contribution in [0, 0.1) is 13.8 Å². The SMILES string of the molecule is Cc1ccc(OCc2c(C(=O)O)cnn2C)cc1C. The maximum atomic E-state index is 11.0. The van der Waals surface area contributed by atoms with Crippen LogP contribution in [0.5, 0.6) is 5.75 Å². The summed E-state index contributed by atoms with van der Waals surface area (Å²) in [5, 5.41) is 13.0. The predicted octanol–water partition coefficient (Wildman–Crippen LogP) is 2.31. The molecule has 100 valence electrons. The Morgan fingerprint density at radius 2 is 2.11 bits per heavy atom. The van der Waals surface area contributed by atoms with Crippen molar-refractivity contribution in [2.75, 3.05) is 0 Å². The second-order valence-corrected chi connectivity index (χ2v) is 4.47. The van der Waals surface area contributed by atoms with Crippen LogP contribution in [0.2, 0.25) is 0 Å². The van der Waals surface area contributed by atoms with Gasteiger partial charge in [0.05, 0.1) is 11.9 Å². The van der Waals surface area contributed by atoms with Crippen molar-refractivity contribution in [1.29, 1.82) is 0 Å². The Morgan fingerprint density at radius 1 is 1.37 bits per heavy atom. The smallest absolute Gasteiger partial charge is 0.339 e. The predicted molar refractivity (Wildman–Crippen MR) is 70.4 cm³/mol. The Morgan fingerprint density at radius 3 is 2.74 bits per heavy atom. The van der Waals surface area contributed by atoms with Crippen molar-refractivity contribution >= 4 is 5.97 Å². The highest BCUT2D eigenvalue weighted by Gasteiger charge is 2.15. The van der Waals surface area contributed by atoms with Crippen molar-refractivity contribution in [1.82, 2.24) is 9.78 Å². The van der Waals surface area contributed by atoms with Crippen molar-refractivity contribution in [3.05, 3.63) is 46.8 Å². The summed E-state index contributed by atoms with van der Waals surface area (Å²) in [5.74, 6) is -0.271. The minimum atomic E-state index is -0.994. The lowest BCUT2D eigenvalue weighted by Crippen LogP contribution is -2.08. The first kappa shape index (κ1) is 13.1. The summed E-state index contributed by atoms with van der Waals surface area (Å²) in [6.45, 7) is 4.22. The number of hydrogen-bond acceptors (Lipinski definition) is 3. The second kappa shape index (κ2) is 5.14. The Balaban J connectivity index is 2.16. The molecule has 1 aromatic carbocycles. The zero-order valence-corrected chi connectivity index (χ0v) is 11.2. The Hall–Kier alpha value is -2.30. The third-order valence-corrected chi connectivity index (χ3v) is 3.15. The molecule has 19 heavy (non-hydrogen) atoms. The molecule has 0 saturated heterocycles.